The summed E-state index contributed by atoms with van der Waals surface area (Å²) < 4.78 is 31.9. The molecule has 2 N–H and O–H groups in total. The highest BCUT2D eigenvalue weighted by atomic mass is 32.1. The summed E-state index contributed by atoms with van der Waals surface area (Å²) in [5.41, 5.74) is 11.6. The van der Waals surface area contributed by atoms with Gasteiger partial charge in [0.1, 0.15) is 34.3 Å². The highest BCUT2D eigenvalue weighted by Gasteiger charge is 2.25. The van der Waals surface area contributed by atoms with Crippen LogP contribution in [0.4, 0.5) is 19.7 Å². The molecule has 0 radical (unpaired) electrons. The van der Waals surface area contributed by atoms with E-state index in [9.17, 15) is 8.78 Å². The smallest absolute Gasteiger partial charge is 0.238 e. The van der Waals surface area contributed by atoms with E-state index in [1.807, 2.05) is 38.2 Å². The van der Waals surface area contributed by atoms with Crippen LogP contribution in [0, 0.1) is 6.92 Å². The Hall–Kier alpha value is -3.40. The molecule has 1 aliphatic rings. The number of hydrogen-bond donors (Lipinski definition) is 1. The van der Waals surface area contributed by atoms with Crippen molar-refractivity contribution in [3.8, 4) is 16.9 Å². The molecule has 10 heteroatoms. The molecule has 38 heavy (non-hydrogen) atoms. The van der Waals surface area contributed by atoms with E-state index >= 15 is 0 Å². The topological polar surface area (TPSA) is 90.0 Å². The number of nitrogen functional groups attached to an aromatic ring is 1. The van der Waals surface area contributed by atoms with E-state index in [-0.39, 0.29) is 18.3 Å². The van der Waals surface area contributed by atoms with Crippen LogP contribution in [-0.4, -0.2) is 39.5 Å². The largest absolute Gasteiger partial charge is 0.491 e. The Morgan fingerprint density at radius 1 is 1.08 bits per heavy atom. The van der Waals surface area contributed by atoms with Crippen molar-refractivity contribution >= 4 is 32.6 Å². The minimum absolute atomic E-state index is 0.160. The molecule has 0 saturated heterocycles. The van der Waals surface area contributed by atoms with Crippen LogP contribution in [0.25, 0.3) is 21.5 Å². The van der Waals surface area contributed by atoms with Crippen LogP contribution < -0.4 is 15.4 Å². The van der Waals surface area contributed by atoms with Crippen LogP contribution in [0.2, 0.25) is 0 Å². The van der Waals surface area contributed by atoms with E-state index in [4.69, 9.17) is 20.4 Å². The molecular formula is C28H32F2N6OS. The zero-order valence-corrected chi connectivity index (χ0v) is 22.9. The van der Waals surface area contributed by atoms with Gasteiger partial charge in [-0.25, -0.2) is 28.7 Å². The molecule has 7 nitrogen and oxygen atoms in total. The molecule has 5 rings (SSSR count). The van der Waals surface area contributed by atoms with Crippen molar-refractivity contribution in [2.75, 3.05) is 23.8 Å². The summed E-state index contributed by atoms with van der Waals surface area (Å²) in [7, 11) is 0. The van der Waals surface area contributed by atoms with Gasteiger partial charge >= 0.3 is 0 Å². The van der Waals surface area contributed by atoms with Gasteiger partial charge in [0, 0.05) is 47.5 Å². The number of anilines is 2. The fourth-order valence-corrected chi connectivity index (χ4v) is 5.64. The van der Waals surface area contributed by atoms with Gasteiger partial charge in [-0.1, -0.05) is 38.2 Å². The number of nitrogens with two attached hydrogens (primary N) is 1. The Kier molecular flexibility index (Phi) is 7.43. The summed E-state index contributed by atoms with van der Waals surface area (Å²) in [5.74, 6) is 2.35. The van der Waals surface area contributed by atoms with Gasteiger partial charge in [0.15, 0.2) is 5.13 Å². The Labute approximate surface area is 225 Å². The molecule has 200 valence electrons. The summed E-state index contributed by atoms with van der Waals surface area (Å²) in [5, 5.41) is 0.500. The first-order valence-corrected chi connectivity index (χ1v) is 13.7. The van der Waals surface area contributed by atoms with Crippen LogP contribution in [-0.2, 0) is 6.54 Å². The van der Waals surface area contributed by atoms with Crippen LogP contribution in [0.3, 0.4) is 0 Å². The predicted octanol–water partition coefficient (Wildman–Crippen LogP) is 6.71. The van der Waals surface area contributed by atoms with Crippen LogP contribution in [0.5, 0.6) is 5.75 Å². The second-order valence-corrected chi connectivity index (χ2v) is 11.1. The Bertz CT molecular complexity index is 1460. The van der Waals surface area contributed by atoms with Gasteiger partial charge in [0.2, 0.25) is 6.43 Å². The molecular weight excluding hydrogens is 506 g/mol. The summed E-state index contributed by atoms with van der Waals surface area (Å²) >= 11 is 1.37. The lowest BCUT2D eigenvalue weighted by Gasteiger charge is -2.27. The zero-order valence-electron chi connectivity index (χ0n) is 22.0. The second-order valence-electron chi connectivity index (χ2n) is 10.1. The standard InChI is InChI=1S/C28H32F2N6OS/c1-15(2)24-17(4)33-25(16(3)5-8-23(29)30)35-26(24)36-9-10-37-22-7-6-18(11-20(22)14-36)19-12-21-27(32-13-19)38-28(31)34-21/h6-7,11-13,15-16,23H,5,8-10,14H2,1-4H3,(H2,31,34)/t16-/m1/s1. The predicted molar refractivity (Wildman–Crippen MR) is 148 cm³/mol. The molecule has 0 bridgehead atoms. The van der Waals surface area contributed by atoms with Crippen LogP contribution in [0.15, 0.2) is 30.5 Å². The van der Waals surface area contributed by atoms with Crippen molar-refractivity contribution in [1.29, 1.82) is 0 Å². The monoisotopic (exact) mass is 538 g/mol. The second kappa shape index (κ2) is 10.8. The van der Waals surface area contributed by atoms with E-state index in [0.29, 0.717) is 37.1 Å². The molecule has 4 aromatic rings. The SMILES string of the molecule is Cc1nc([C@H](C)CCC(F)F)nc(N2CCOc3ccc(-c4cnc5sc(N)nc5c4)cc3C2)c1C(C)C. The fourth-order valence-electron chi connectivity index (χ4n) is 4.98. The molecule has 0 fully saturated rings. The summed E-state index contributed by atoms with van der Waals surface area (Å²) in [6.07, 6.45) is -0.303. The van der Waals surface area contributed by atoms with E-state index in [2.05, 4.69) is 34.8 Å². The van der Waals surface area contributed by atoms with Crippen molar-refractivity contribution in [2.45, 2.75) is 65.3 Å². The van der Waals surface area contributed by atoms with Gasteiger partial charge in [0.25, 0.3) is 0 Å². The van der Waals surface area contributed by atoms with Gasteiger partial charge in [-0.05, 0) is 43.0 Å². The number of hydrogen-bond acceptors (Lipinski definition) is 8. The Balaban J connectivity index is 1.50. The lowest BCUT2D eigenvalue weighted by molar-refractivity contribution is 0.132. The first-order chi connectivity index (χ1) is 18.2. The maximum absolute atomic E-state index is 12.9. The van der Waals surface area contributed by atoms with Crippen molar-refractivity contribution < 1.29 is 13.5 Å². The minimum atomic E-state index is -2.33. The van der Waals surface area contributed by atoms with Gasteiger partial charge in [-0.2, -0.15) is 0 Å². The number of pyridine rings is 1. The number of rotatable bonds is 7. The molecule has 0 unspecified atom stereocenters. The number of fused-ring (bicyclic) bond motifs is 2. The quantitative estimate of drug-likeness (QED) is 0.280. The van der Waals surface area contributed by atoms with Gasteiger partial charge < -0.3 is 15.4 Å². The first kappa shape index (κ1) is 26.2. The third-order valence-corrected chi connectivity index (χ3v) is 7.72. The number of aryl methyl sites for hydroxylation is 1. The minimum Gasteiger partial charge on any atom is -0.491 e. The van der Waals surface area contributed by atoms with Gasteiger partial charge in [-0.15, -0.1) is 0 Å². The zero-order chi connectivity index (χ0) is 27.0. The molecule has 0 spiro atoms. The molecule has 3 aromatic heterocycles. The molecule has 1 aromatic carbocycles. The number of aromatic nitrogens is 4. The third kappa shape index (κ3) is 5.41. The van der Waals surface area contributed by atoms with Crippen molar-refractivity contribution in [1.82, 2.24) is 19.9 Å². The van der Waals surface area contributed by atoms with E-state index in [1.54, 1.807) is 0 Å². The van der Waals surface area contributed by atoms with E-state index in [1.165, 1.54) is 11.3 Å². The molecule has 4 heterocycles. The summed E-state index contributed by atoms with van der Waals surface area (Å²) in [6.45, 7) is 9.92. The molecule has 1 aliphatic heterocycles. The van der Waals surface area contributed by atoms with Crippen molar-refractivity contribution in [2.24, 2.45) is 0 Å². The maximum atomic E-state index is 12.9. The normalized spacial score (nSPS) is 14.6. The third-order valence-electron chi connectivity index (χ3n) is 6.91. The maximum Gasteiger partial charge on any atom is 0.238 e. The van der Waals surface area contributed by atoms with Gasteiger partial charge in [0.05, 0.1) is 6.54 Å². The highest BCUT2D eigenvalue weighted by Crippen LogP contribution is 2.36. The lowest BCUT2D eigenvalue weighted by Crippen LogP contribution is -2.29. The summed E-state index contributed by atoms with van der Waals surface area (Å²) in [4.78, 5) is 21.7. The summed E-state index contributed by atoms with van der Waals surface area (Å²) in [6, 6.07) is 8.16. The van der Waals surface area contributed by atoms with Crippen molar-refractivity contribution in [3.05, 3.63) is 53.1 Å². The van der Waals surface area contributed by atoms with Crippen LogP contribution >= 0.6 is 11.3 Å². The van der Waals surface area contributed by atoms with Crippen LogP contribution in [0.1, 0.15) is 68.1 Å². The number of nitrogens with zero attached hydrogens (tertiary/aromatic N) is 5. The number of halogens is 2. The first-order valence-electron chi connectivity index (χ1n) is 12.9. The van der Waals surface area contributed by atoms with E-state index in [0.717, 1.165) is 49.9 Å². The molecule has 0 aliphatic carbocycles. The lowest BCUT2D eigenvalue weighted by atomic mass is 9.99. The molecule has 1 atom stereocenters. The molecule has 0 saturated carbocycles. The Morgan fingerprint density at radius 3 is 2.66 bits per heavy atom. The average molecular weight is 539 g/mol. The Morgan fingerprint density at radius 2 is 1.89 bits per heavy atom. The highest BCUT2D eigenvalue weighted by molar-refractivity contribution is 7.21. The number of benzene rings is 1. The van der Waals surface area contributed by atoms with Crippen molar-refractivity contribution in [3.63, 3.8) is 0 Å². The molecule has 0 amide bonds. The number of thiazole rings is 1. The number of ether oxygens (including phenoxy) is 1. The number of alkyl halides is 2. The average Bonchev–Trinajstić information content (AvgIpc) is 3.11. The fraction of sp³-hybridized carbons (Fsp3) is 0.429. The van der Waals surface area contributed by atoms with E-state index < -0.39 is 6.43 Å². The van der Waals surface area contributed by atoms with Gasteiger partial charge in [-0.3, -0.25) is 0 Å².